The van der Waals surface area contributed by atoms with Crippen LogP contribution in [0.25, 0.3) is 43.6 Å². The monoisotopic (exact) mass is 446 g/mol. The molecule has 2 heterocycles. The van der Waals surface area contributed by atoms with Gasteiger partial charge in [-0.25, -0.2) is 0 Å². The third kappa shape index (κ3) is 4.09. The molecule has 6 aromatic rings. The number of nitrogens with zero attached hydrogens (tertiary/aromatic N) is 2. The van der Waals surface area contributed by atoms with Gasteiger partial charge in [-0.05, 0) is 37.1 Å². The van der Waals surface area contributed by atoms with Crippen molar-refractivity contribution in [3.8, 4) is 0 Å². The summed E-state index contributed by atoms with van der Waals surface area (Å²) in [7, 11) is 0. The summed E-state index contributed by atoms with van der Waals surface area (Å²) in [5.74, 6) is 0. The third-order valence-corrected chi connectivity index (χ3v) is 6.83. The quantitative estimate of drug-likeness (QED) is 0.241. The zero-order valence-corrected chi connectivity index (χ0v) is 20.4. The highest BCUT2D eigenvalue weighted by atomic mass is 15.0. The van der Waals surface area contributed by atoms with Gasteiger partial charge in [0.05, 0.1) is 0 Å². The molecule has 172 valence electrons. The summed E-state index contributed by atoms with van der Waals surface area (Å²) < 4.78 is 4.91. The van der Waals surface area contributed by atoms with Crippen molar-refractivity contribution in [2.75, 3.05) is 0 Å². The van der Waals surface area contributed by atoms with Crippen molar-refractivity contribution in [3.63, 3.8) is 0 Å². The van der Waals surface area contributed by atoms with Crippen LogP contribution in [0.3, 0.4) is 0 Å². The van der Waals surface area contributed by atoms with Crippen LogP contribution in [-0.2, 0) is 13.1 Å². The molecule has 4 aromatic carbocycles. The molecule has 0 spiro atoms. The minimum Gasteiger partial charge on any atom is -0.340 e. The summed E-state index contributed by atoms with van der Waals surface area (Å²) in [6, 6.07) is 34.8. The molecule has 0 saturated heterocycles. The van der Waals surface area contributed by atoms with Crippen molar-refractivity contribution in [2.45, 2.75) is 52.6 Å². The number of benzene rings is 4. The van der Waals surface area contributed by atoms with Crippen LogP contribution in [-0.4, -0.2) is 9.13 Å². The van der Waals surface area contributed by atoms with Gasteiger partial charge in [-0.2, -0.15) is 0 Å². The summed E-state index contributed by atoms with van der Waals surface area (Å²) >= 11 is 0. The van der Waals surface area contributed by atoms with Gasteiger partial charge in [-0.3, -0.25) is 0 Å². The fraction of sp³-hybridized carbons (Fsp3) is 0.250. The molecular formula is C32H34N2. The third-order valence-electron chi connectivity index (χ3n) is 6.83. The zero-order chi connectivity index (χ0) is 23.3. The summed E-state index contributed by atoms with van der Waals surface area (Å²) in [6.45, 7) is 6.72. The van der Waals surface area contributed by atoms with Crippen LogP contribution in [0.1, 0.15) is 39.5 Å². The van der Waals surface area contributed by atoms with Gasteiger partial charge in [-0.1, -0.05) is 99.5 Å². The second kappa shape index (κ2) is 10.2. The number of aryl methyl sites for hydroxylation is 2. The molecule has 2 nitrogen and oxygen atoms in total. The highest BCUT2D eigenvalue weighted by molar-refractivity contribution is 6.08. The molecule has 0 amide bonds. The summed E-state index contributed by atoms with van der Waals surface area (Å²) in [5.41, 5.74) is 5.45. The molecule has 0 unspecified atom stereocenters. The van der Waals surface area contributed by atoms with E-state index in [-0.39, 0.29) is 0 Å². The first-order valence-electron chi connectivity index (χ1n) is 12.8. The van der Waals surface area contributed by atoms with Crippen LogP contribution in [0.15, 0.2) is 97.1 Å². The molecule has 0 radical (unpaired) electrons. The van der Waals surface area contributed by atoms with Crippen LogP contribution in [0.4, 0.5) is 0 Å². The Bertz CT molecular complexity index is 1310. The van der Waals surface area contributed by atoms with Crippen LogP contribution in [0, 0.1) is 0 Å². The Morgan fingerprint density at radius 1 is 0.412 bits per heavy atom. The Morgan fingerprint density at radius 3 is 0.941 bits per heavy atom. The van der Waals surface area contributed by atoms with E-state index in [1.54, 1.807) is 0 Å². The molecule has 0 aliphatic rings. The molecule has 6 rings (SSSR count). The maximum atomic E-state index is 2.45. The van der Waals surface area contributed by atoms with E-state index < -0.39 is 0 Å². The molecule has 0 atom stereocenters. The Labute approximate surface area is 202 Å². The fourth-order valence-electron chi connectivity index (χ4n) is 5.12. The van der Waals surface area contributed by atoms with Crippen molar-refractivity contribution >= 4 is 43.6 Å². The second-order valence-electron chi connectivity index (χ2n) is 9.08. The van der Waals surface area contributed by atoms with E-state index in [4.69, 9.17) is 0 Å². The minimum atomic E-state index is 1.12. The van der Waals surface area contributed by atoms with Crippen LogP contribution < -0.4 is 0 Å². The first-order chi connectivity index (χ1) is 16.8. The maximum Gasteiger partial charge on any atom is 0.0491 e. The standard InChI is InChI=1S/2C16H17N/c2*1-2-3-12-17-15-10-6-4-8-13(15)14-9-5-7-11-16(14)17/h2*4-11H,2-3,12H2,1H3. The molecule has 0 fully saturated rings. The van der Waals surface area contributed by atoms with Gasteiger partial charge in [0.25, 0.3) is 0 Å². The number of aromatic nitrogens is 2. The van der Waals surface area contributed by atoms with E-state index in [1.165, 1.54) is 69.3 Å². The van der Waals surface area contributed by atoms with E-state index in [0.29, 0.717) is 0 Å². The van der Waals surface area contributed by atoms with Gasteiger partial charge < -0.3 is 9.13 Å². The van der Waals surface area contributed by atoms with Crippen molar-refractivity contribution in [1.29, 1.82) is 0 Å². The van der Waals surface area contributed by atoms with Gasteiger partial charge >= 0.3 is 0 Å². The van der Waals surface area contributed by atoms with E-state index in [1.807, 2.05) is 0 Å². The highest BCUT2D eigenvalue weighted by Gasteiger charge is 2.09. The number of hydrogen-bond acceptors (Lipinski definition) is 0. The normalized spacial score (nSPS) is 11.4. The average Bonchev–Trinajstić information content (AvgIpc) is 3.39. The average molecular weight is 447 g/mol. The lowest BCUT2D eigenvalue weighted by atomic mass is 10.2. The highest BCUT2D eigenvalue weighted by Crippen LogP contribution is 2.30. The van der Waals surface area contributed by atoms with Crippen LogP contribution in [0.2, 0.25) is 0 Å². The molecule has 0 saturated carbocycles. The van der Waals surface area contributed by atoms with Gasteiger partial charge in [0.1, 0.15) is 0 Å². The molecule has 2 aromatic heterocycles. The number of para-hydroxylation sites is 4. The largest absolute Gasteiger partial charge is 0.340 e. The summed E-state index contributed by atoms with van der Waals surface area (Å²) in [6.07, 6.45) is 4.95. The zero-order valence-electron chi connectivity index (χ0n) is 20.4. The first-order valence-corrected chi connectivity index (χ1v) is 12.8. The fourth-order valence-corrected chi connectivity index (χ4v) is 5.12. The Balaban J connectivity index is 0.000000142. The molecule has 0 aliphatic carbocycles. The maximum absolute atomic E-state index is 2.45. The smallest absolute Gasteiger partial charge is 0.0491 e. The van der Waals surface area contributed by atoms with Gasteiger partial charge in [0.15, 0.2) is 0 Å². The van der Waals surface area contributed by atoms with Gasteiger partial charge in [0, 0.05) is 56.7 Å². The molecule has 0 aliphatic heterocycles. The lowest BCUT2D eigenvalue weighted by Gasteiger charge is -2.05. The van der Waals surface area contributed by atoms with E-state index in [2.05, 4.69) is 120 Å². The van der Waals surface area contributed by atoms with Crippen molar-refractivity contribution in [1.82, 2.24) is 9.13 Å². The number of rotatable bonds is 6. The molecule has 0 bridgehead atoms. The lowest BCUT2D eigenvalue weighted by molar-refractivity contribution is 0.665. The molecule has 0 N–H and O–H groups in total. The predicted octanol–water partition coefficient (Wildman–Crippen LogP) is 9.19. The van der Waals surface area contributed by atoms with Crippen LogP contribution >= 0.6 is 0 Å². The van der Waals surface area contributed by atoms with Gasteiger partial charge in [0.2, 0.25) is 0 Å². The topological polar surface area (TPSA) is 9.86 Å². The minimum absolute atomic E-state index is 1.12. The molecule has 34 heavy (non-hydrogen) atoms. The molecule has 2 heteroatoms. The van der Waals surface area contributed by atoms with Crippen molar-refractivity contribution < 1.29 is 0 Å². The summed E-state index contributed by atoms with van der Waals surface area (Å²) in [5, 5.41) is 5.50. The van der Waals surface area contributed by atoms with E-state index in [9.17, 15) is 0 Å². The predicted molar refractivity (Wildman–Crippen MR) is 149 cm³/mol. The van der Waals surface area contributed by atoms with Crippen molar-refractivity contribution in [2.24, 2.45) is 0 Å². The Morgan fingerprint density at radius 2 is 0.676 bits per heavy atom. The Kier molecular flexibility index (Phi) is 6.67. The first kappa shape index (κ1) is 22.3. The SMILES string of the molecule is CCCCn1c2ccccc2c2ccccc21.CCCCn1c2ccccc2c2ccccc21. The number of fused-ring (bicyclic) bond motifs is 6. The number of hydrogen-bond donors (Lipinski definition) is 0. The van der Waals surface area contributed by atoms with E-state index in [0.717, 1.165) is 13.1 Å². The lowest BCUT2D eigenvalue weighted by Crippen LogP contribution is -1.96. The second-order valence-corrected chi connectivity index (χ2v) is 9.08. The van der Waals surface area contributed by atoms with Gasteiger partial charge in [-0.15, -0.1) is 0 Å². The van der Waals surface area contributed by atoms with Crippen molar-refractivity contribution in [3.05, 3.63) is 97.1 Å². The van der Waals surface area contributed by atoms with Crippen LogP contribution in [0.5, 0.6) is 0 Å². The Hall–Kier alpha value is -3.52. The molecular weight excluding hydrogens is 412 g/mol. The van der Waals surface area contributed by atoms with E-state index >= 15 is 0 Å². The summed E-state index contributed by atoms with van der Waals surface area (Å²) in [4.78, 5) is 0. The number of unbranched alkanes of at least 4 members (excludes halogenated alkanes) is 2.